The summed E-state index contributed by atoms with van der Waals surface area (Å²) in [6, 6.07) is 13.5. The number of rotatable bonds is 2. The smallest absolute Gasteiger partial charge is 0.273 e. The van der Waals surface area contributed by atoms with Gasteiger partial charge in [0, 0.05) is 28.9 Å². The number of carbonyl (C=O) groups is 1. The summed E-state index contributed by atoms with van der Waals surface area (Å²) in [5.74, 6) is -0.217. The summed E-state index contributed by atoms with van der Waals surface area (Å²) in [5, 5.41) is 5.17. The number of para-hydroxylation sites is 1. The molecule has 0 radical (unpaired) electrons. The van der Waals surface area contributed by atoms with E-state index in [0.29, 0.717) is 17.0 Å². The average Bonchev–Trinajstić information content (AvgIpc) is 3.14. The molecule has 0 aliphatic carbocycles. The van der Waals surface area contributed by atoms with Crippen LogP contribution in [0.5, 0.6) is 0 Å². The van der Waals surface area contributed by atoms with E-state index in [9.17, 15) is 4.79 Å². The Kier molecular flexibility index (Phi) is 2.83. The molecule has 4 rings (SSSR count). The minimum Gasteiger partial charge on any atom is -0.361 e. The number of hydrogen-bond donors (Lipinski definition) is 2. The minimum atomic E-state index is -0.217. The van der Waals surface area contributed by atoms with Crippen LogP contribution in [0.1, 0.15) is 11.3 Å². The first-order valence-electron chi connectivity index (χ1n) is 6.90. The van der Waals surface area contributed by atoms with E-state index >= 15 is 0 Å². The van der Waals surface area contributed by atoms with Crippen LogP contribution in [-0.2, 0) is 4.79 Å². The molecule has 1 amide bonds. The Morgan fingerprint density at radius 3 is 2.77 bits per heavy atom. The summed E-state index contributed by atoms with van der Waals surface area (Å²) in [6.45, 7) is 0. The molecular weight excluding hydrogens is 276 g/mol. The van der Waals surface area contributed by atoms with Gasteiger partial charge in [0.05, 0.1) is 11.3 Å². The molecule has 5 nitrogen and oxygen atoms in total. The van der Waals surface area contributed by atoms with Gasteiger partial charge in [-0.2, -0.15) is 5.10 Å². The Morgan fingerprint density at radius 1 is 1.05 bits per heavy atom. The molecule has 0 saturated carbocycles. The van der Waals surface area contributed by atoms with Gasteiger partial charge in [0.25, 0.3) is 5.91 Å². The number of pyridine rings is 1. The van der Waals surface area contributed by atoms with E-state index in [1.807, 2.05) is 54.7 Å². The van der Waals surface area contributed by atoms with Crippen molar-refractivity contribution < 1.29 is 4.79 Å². The summed E-state index contributed by atoms with van der Waals surface area (Å²) in [4.78, 5) is 19.6. The molecule has 106 valence electrons. The third-order valence-corrected chi connectivity index (χ3v) is 3.60. The predicted molar refractivity (Wildman–Crippen MR) is 85.2 cm³/mol. The summed E-state index contributed by atoms with van der Waals surface area (Å²) >= 11 is 0. The van der Waals surface area contributed by atoms with Crippen LogP contribution in [-0.4, -0.2) is 21.6 Å². The number of carbonyl (C=O) groups excluding carboxylic acids is 1. The van der Waals surface area contributed by atoms with Gasteiger partial charge in [-0.05, 0) is 24.3 Å². The normalized spacial score (nSPS) is 16.1. The maximum Gasteiger partial charge on any atom is 0.273 e. The monoisotopic (exact) mass is 288 g/mol. The summed E-state index contributed by atoms with van der Waals surface area (Å²) in [5.41, 5.74) is 6.25. The molecule has 0 atom stereocenters. The van der Waals surface area contributed by atoms with Crippen LogP contribution in [0.3, 0.4) is 0 Å². The molecule has 3 heterocycles. The zero-order valence-electron chi connectivity index (χ0n) is 11.6. The summed E-state index contributed by atoms with van der Waals surface area (Å²) in [6.07, 6.45) is 5.41. The van der Waals surface area contributed by atoms with E-state index in [4.69, 9.17) is 0 Å². The number of amides is 1. The van der Waals surface area contributed by atoms with Gasteiger partial charge < -0.3 is 4.98 Å². The van der Waals surface area contributed by atoms with Gasteiger partial charge in [0.2, 0.25) is 0 Å². The fourth-order valence-corrected chi connectivity index (χ4v) is 2.54. The van der Waals surface area contributed by atoms with Crippen LogP contribution < -0.4 is 5.43 Å². The highest BCUT2D eigenvalue weighted by Crippen LogP contribution is 2.23. The largest absolute Gasteiger partial charge is 0.361 e. The van der Waals surface area contributed by atoms with E-state index in [0.717, 1.165) is 16.5 Å². The van der Waals surface area contributed by atoms with Crippen molar-refractivity contribution in [2.24, 2.45) is 5.10 Å². The molecule has 22 heavy (non-hydrogen) atoms. The van der Waals surface area contributed by atoms with Gasteiger partial charge in [0.15, 0.2) is 0 Å². The highest BCUT2D eigenvalue weighted by atomic mass is 16.2. The molecule has 0 spiro atoms. The van der Waals surface area contributed by atoms with Gasteiger partial charge in [-0.15, -0.1) is 0 Å². The van der Waals surface area contributed by atoms with E-state index in [1.54, 1.807) is 6.20 Å². The molecule has 1 aliphatic heterocycles. The third-order valence-electron chi connectivity index (χ3n) is 3.60. The van der Waals surface area contributed by atoms with Gasteiger partial charge in [0.1, 0.15) is 5.71 Å². The number of aromatic nitrogens is 2. The number of fused-ring (bicyclic) bond motifs is 1. The Morgan fingerprint density at radius 2 is 1.91 bits per heavy atom. The number of nitrogens with zero attached hydrogens (tertiary/aromatic N) is 2. The predicted octanol–water partition coefficient (Wildman–Crippen LogP) is 2.48. The number of hydrogen-bond acceptors (Lipinski definition) is 3. The van der Waals surface area contributed by atoms with Gasteiger partial charge in [-0.25, -0.2) is 5.43 Å². The second-order valence-corrected chi connectivity index (χ2v) is 4.96. The number of H-pyrrole nitrogens is 1. The quantitative estimate of drug-likeness (QED) is 0.711. The van der Waals surface area contributed by atoms with Crippen LogP contribution in [0, 0.1) is 0 Å². The van der Waals surface area contributed by atoms with Crippen molar-refractivity contribution in [1.82, 2.24) is 15.4 Å². The highest BCUT2D eigenvalue weighted by molar-refractivity contribution is 6.32. The van der Waals surface area contributed by atoms with Crippen LogP contribution in [0.2, 0.25) is 0 Å². The fraction of sp³-hybridized carbons (Fsp3) is 0. The van der Waals surface area contributed by atoms with Gasteiger partial charge >= 0.3 is 0 Å². The molecule has 0 saturated heterocycles. The topological polar surface area (TPSA) is 70.1 Å². The van der Waals surface area contributed by atoms with E-state index < -0.39 is 0 Å². The third kappa shape index (κ3) is 2.00. The van der Waals surface area contributed by atoms with Gasteiger partial charge in [-0.3, -0.25) is 9.78 Å². The molecule has 0 unspecified atom stereocenters. The maximum atomic E-state index is 12.1. The molecule has 2 N–H and O–H groups in total. The maximum absolute atomic E-state index is 12.1. The van der Waals surface area contributed by atoms with Crippen LogP contribution in [0.25, 0.3) is 17.0 Å². The van der Waals surface area contributed by atoms with Crippen molar-refractivity contribution in [3.05, 3.63) is 71.7 Å². The van der Waals surface area contributed by atoms with E-state index in [2.05, 4.69) is 20.5 Å². The molecule has 0 fully saturated rings. The standard InChI is InChI=1S/C17H12N4O/c22-17-13(16(20-21-17)15-7-3-4-8-18-15)9-11-10-19-14-6-2-1-5-12(11)14/h1-10,19H,(H,21,22). The lowest BCUT2D eigenvalue weighted by Gasteiger charge is -2.00. The molecule has 5 heteroatoms. The second-order valence-electron chi connectivity index (χ2n) is 4.96. The van der Waals surface area contributed by atoms with Crippen molar-refractivity contribution in [3.8, 4) is 0 Å². The Balaban J connectivity index is 1.83. The average molecular weight is 288 g/mol. The second kappa shape index (κ2) is 4.96. The first-order chi connectivity index (χ1) is 10.8. The lowest BCUT2D eigenvalue weighted by molar-refractivity contribution is -0.116. The van der Waals surface area contributed by atoms with Gasteiger partial charge in [-0.1, -0.05) is 24.3 Å². The Labute approximate surface area is 126 Å². The number of nitrogens with one attached hydrogen (secondary N) is 2. The van der Waals surface area contributed by atoms with Crippen molar-refractivity contribution in [2.45, 2.75) is 0 Å². The fourth-order valence-electron chi connectivity index (χ4n) is 2.54. The molecule has 0 bridgehead atoms. The first-order valence-corrected chi connectivity index (χ1v) is 6.90. The molecule has 2 aromatic heterocycles. The molecule has 1 aromatic carbocycles. The molecule has 3 aromatic rings. The van der Waals surface area contributed by atoms with Crippen LogP contribution in [0.15, 0.2) is 65.5 Å². The van der Waals surface area contributed by atoms with Crippen molar-refractivity contribution in [1.29, 1.82) is 0 Å². The number of hydrazone groups is 1. The molecule has 1 aliphatic rings. The van der Waals surface area contributed by atoms with E-state index in [-0.39, 0.29) is 5.91 Å². The van der Waals surface area contributed by atoms with Crippen molar-refractivity contribution in [2.75, 3.05) is 0 Å². The van der Waals surface area contributed by atoms with E-state index in [1.165, 1.54) is 0 Å². The summed E-state index contributed by atoms with van der Waals surface area (Å²) < 4.78 is 0. The Bertz CT molecular complexity index is 922. The van der Waals surface area contributed by atoms with Crippen LogP contribution >= 0.6 is 0 Å². The van der Waals surface area contributed by atoms with Crippen molar-refractivity contribution >= 4 is 28.6 Å². The SMILES string of the molecule is O=C1NN=C(c2ccccn2)C1=Cc1c[nH]c2ccccc12. The molecular formula is C17H12N4O. The highest BCUT2D eigenvalue weighted by Gasteiger charge is 2.25. The lowest BCUT2D eigenvalue weighted by atomic mass is 10.0. The van der Waals surface area contributed by atoms with Crippen molar-refractivity contribution in [3.63, 3.8) is 0 Å². The zero-order valence-corrected chi connectivity index (χ0v) is 11.6. The lowest BCUT2D eigenvalue weighted by Crippen LogP contribution is -2.13. The Hall–Kier alpha value is -3.21. The number of benzene rings is 1. The first kappa shape index (κ1) is 12.5. The number of aromatic amines is 1. The van der Waals surface area contributed by atoms with Crippen LogP contribution in [0.4, 0.5) is 0 Å². The zero-order chi connectivity index (χ0) is 14.9. The summed E-state index contributed by atoms with van der Waals surface area (Å²) in [7, 11) is 0. The minimum absolute atomic E-state index is 0.217.